The Morgan fingerprint density at radius 2 is 1.71 bits per heavy atom. The fraction of sp³-hybridized carbons (Fsp3) is 0.538. The van der Waals surface area contributed by atoms with Crippen molar-refractivity contribution in [2.24, 2.45) is 0 Å². The van der Waals surface area contributed by atoms with E-state index < -0.39 is 17.5 Å². The number of hydrogen-bond acceptors (Lipinski definition) is 2. The third-order valence-corrected chi connectivity index (χ3v) is 6.03. The number of halogens is 3. The Bertz CT molecular complexity index is 845. The highest BCUT2D eigenvalue weighted by molar-refractivity contribution is 5.66. The molecule has 1 heterocycles. The molecule has 3 rings (SSSR count). The minimum Gasteiger partial charge on any atom is -0.493 e. The van der Waals surface area contributed by atoms with Crippen molar-refractivity contribution in [1.82, 2.24) is 0 Å². The van der Waals surface area contributed by atoms with E-state index in [0.717, 1.165) is 51.4 Å². The molecule has 170 valence electrons. The highest BCUT2D eigenvalue weighted by Gasteiger charge is 2.27. The quantitative estimate of drug-likeness (QED) is 0.355. The number of unbranched alkanes of at least 4 members (excludes halogenated alkanes) is 3. The lowest BCUT2D eigenvalue weighted by atomic mass is 9.88. The third-order valence-electron chi connectivity index (χ3n) is 6.03. The second kappa shape index (κ2) is 11.6. The number of rotatable bonds is 10. The van der Waals surface area contributed by atoms with Crippen molar-refractivity contribution in [3.05, 3.63) is 53.3 Å². The molecule has 31 heavy (non-hydrogen) atoms. The molecule has 2 aromatic carbocycles. The Balaban J connectivity index is 1.70. The molecule has 0 aliphatic carbocycles. The van der Waals surface area contributed by atoms with Crippen molar-refractivity contribution in [2.75, 3.05) is 13.2 Å². The molecule has 0 N–H and O–H groups in total. The highest BCUT2D eigenvalue weighted by atomic mass is 19.2. The van der Waals surface area contributed by atoms with Gasteiger partial charge in [-0.25, -0.2) is 13.2 Å². The summed E-state index contributed by atoms with van der Waals surface area (Å²) in [5.74, 6) is -2.32. The highest BCUT2D eigenvalue weighted by Crippen LogP contribution is 2.36. The predicted octanol–water partition coefficient (Wildman–Crippen LogP) is 7.79. The molecule has 1 fully saturated rings. The van der Waals surface area contributed by atoms with Gasteiger partial charge in [-0.05, 0) is 43.4 Å². The summed E-state index contributed by atoms with van der Waals surface area (Å²) in [5, 5.41) is 0. The summed E-state index contributed by atoms with van der Waals surface area (Å²) >= 11 is 0. The molecule has 0 aromatic heterocycles. The van der Waals surface area contributed by atoms with Crippen LogP contribution < -0.4 is 4.74 Å². The van der Waals surface area contributed by atoms with Crippen LogP contribution >= 0.6 is 0 Å². The van der Waals surface area contributed by atoms with Gasteiger partial charge in [0, 0.05) is 23.1 Å². The number of benzene rings is 2. The van der Waals surface area contributed by atoms with Gasteiger partial charge >= 0.3 is 0 Å². The molecule has 5 heteroatoms. The van der Waals surface area contributed by atoms with Crippen LogP contribution in [-0.2, 0) is 4.74 Å². The molecular formula is C26H33F3O2. The van der Waals surface area contributed by atoms with E-state index in [4.69, 9.17) is 9.47 Å². The molecule has 0 saturated carbocycles. The van der Waals surface area contributed by atoms with Gasteiger partial charge in [0.05, 0.1) is 19.3 Å². The van der Waals surface area contributed by atoms with E-state index in [1.807, 2.05) is 0 Å². The van der Waals surface area contributed by atoms with Crippen LogP contribution in [0, 0.1) is 17.5 Å². The number of hydrogen-bond donors (Lipinski definition) is 0. The average Bonchev–Trinajstić information content (AvgIpc) is 2.77. The van der Waals surface area contributed by atoms with Gasteiger partial charge in [-0.3, -0.25) is 0 Å². The lowest BCUT2D eigenvalue weighted by Crippen LogP contribution is -2.25. The summed E-state index contributed by atoms with van der Waals surface area (Å²) in [6.45, 7) is 5.14. The topological polar surface area (TPSA) is 18.5 Å². The first kappa shape index (κ1) is 23.6. The van der Waals surface area contributed by atoms with Gasteiger partial charge in [0.15, 0.2) is 11.6 Å². The van der Waals surface area contributed by atoms with Crippen LogP contribution in [0.2, 0.25) is 0 Å². The summed E-state index contributed by atoms with van der Waals surface area (Å²) in [7, 11) is 0. The fourth-order valence-electron chi connectivity index (χ4n) is 4.21. The van der Waals surface area contributed by atoms with Crippen LogP contribution in [-0.4, -0.2) is 19.3 Å². The third kappa shape index (κ3) is 6.03. The molecule has 1 aliphatic rings. The van der Waals surface area contributed by atoms with Crippen LogP contribution in [0.4, 0.5) is 13.2 Å². The van der Waals surface area contributed by atoms with Crippen molar-refractivity contribution in [2.45, 2.75) is 77.2 Å². The van der Waals surface area contributed by atoms with Crippen molar-refractivity contribution in [3.8, 4) is 16.9 Å². The first-order valence-electron chi connectivity index (χ1n) is 11.6. The van der Waals surface area contributed by atoms with E-state index >= 15 is 0 Å². The molecule has 0 spiro atoms. The summed E-state index contributed by atoms with van der Waals surface area (Å²) in [6.07, 6.45) is 8.09. The SMILES string of the molecule is CCCCCCOc1ccc(-c2ccc(C3CCC(CCC)OC3)c(F)c2F)c(F)c1. The molecule has 1 aliphatic heterocycles. The summed E-state index contributed by atoms with van der Waals surface area (Å²) in [6, 6.07) is 7.33. The van der Waals surface area contributed by atoms with Crippen LogP contribution in [0.3, 0.4) is 0 Å². The van der Waals surface area contributed by atoms with Crippen molar-refractivity contribution < 1.29 is 22.6 Å². The minimum atomic E-state index is -1.01. The molecule has 0 amide bonds. The minimum absolute atomic E-state index is 0.0317. The Morgan fingerprint density at radius 1 is 0.903 bits per heavy atom. The summed E-state index contributed by atoms with van der Waals surface area (Å²) < 4.78 is 55.8. The predicted molar refractivity (Wildman–Crippen MR) is 118 cm³/mol. The smallest absolute Gasteiger partial charge is 0.167 e. The molecule has 1 saturated heterocycles. The standard InChI is InChI=1S/C26H33F3O2/c1-3-5-6-7-15-30-20-11-12-22(24(27)16-20)23-14-13-21(25(28)26(23)29)18-9-10-19(8-4-2)31-17-18/h11-14,16,18-19H,3-10,15,17H2,1-2H3. The van der Waals surface area contributed by atoms with Gasteiger partial charge in [0.2, 0.25) is 0 Å². The van der Waals surface area contributed by atoms with Crippen LogP contribution in [0.5, 0.6) is 5.75 Å². The second-order valence-electron chi connectivity index (χ2n) is 8.40. The Hall–Kier alpha value is -2.01. The van der Waals surface area contributed by atoms with E-state index in [9.17, 15) is 13.2 Å². The summed E-state index contributed by atoms with van der Waals surface area (Å²) in [4.78, 5) is 0. The number of ether oxygens (including phenoxy) is 2. The van der Waals surface area contributed by atoms with Crippen LogP contribution in [0.25, 0.3) is 11.1 Å². The first-order valence-corrected chi connectivity index (χ1v) is 11.6. The maximum absolute atomic E-state index is 14.9. The monoisotopic (exact) mass is 434 g/mol. The van der Waals surface area contributed by atoms with Gasteiger partial charge in [-0.2, -0.15) is 0 Å². The lowest BCUT2D eigenvalue weighted by Gasteiger charge is -2.29. The van der Waals surface area contributed by atoms with Gasteiger partial charge in [-0.1, -0.05) is 51.7 Å². The van der Waals surface area contributed by atoms with Crippen LogP contribution in [0.15, 0.2) is 30.3 Å². The molecule has 0 radical (unpaired) electrons. The van der Waals surface area contributed by atoms with Gasteiger partial charge in [0.1, 0.15) is 11.6 Å². The molecule has 2 nitrogen and oxygen atoms in total. The molecular weight excluding hydrogens is 401 g/mol. The second-order valence-corrected chi connectivity index (χ2v) is 8.40. The van der Waals surface area contributed by atoms with Crippen LogP contribution in [0.1, 0.15) is 76.7 Å². The van der Waals surface area contributed by atoms with Gasteiger partial charge < -0.3 is 9.47 Å². The van der Waals surface area contributed by atoms with Gasteiger partial charge in [0.25, 0.3) is 0 Å². The summed E-state index contributed by atoms with van der Waals surface area (Å²) in [5.41, 5.74) is 0.265. The normalized spacial score (nSPS) is 18.9. The van der Waals surface area contributed by atoms with E-state index in [2.05, 4.69) is 13.8 Å². The molecule has 2 aromatic rings. The lowest BCUT2D eigenvalue weighted by molar-refractivity contribution is -0.00181. The molecule has 2 unspecified atom stereocenters. The maximum Gasteiger partial charge on any atom is 0.167 e. The largest absolute Gasteiger partial charge is 0.493 e. The zero-order valence-corrected chi connectivity index (χ0v) is 18.6. The van der Waals surface area contributed by atoms with Crippen molar-refractivity contribution >= 4 is 0 Å². The Labute approximate surface area is 183 Å². The van der Waals surface area contributed by atoms with E-state index in [1.54, 1.807) is 12.1 Å². The average molecular weight is 435 g/mol. The zero-order valence-electron chi connectivity index (χ0n) is 18.6. The van der Waals surface area contributed by atoms with Crippen molar-refractivity contribution in [3.63, 3.8) is 0 Å². The van der Waals surface area contributed by atoms with E-state index in [0.29, 0.717) is 24.5 Å². The van der Waals surface area contributed by atoms with E-state index in [-0.39, 0.29) is 23.1 Å². The van der Waals surface area contributed by atoms with Gasteiger partial charge in [-0.15, -0.1) is 0 Å². The first-order chi connectivity index (χ1) is 15.0. The Morgan fingerprint density at radius 3 is 2.39 bits per heavy atom. The molecule has 0 bridgehead atoms. The fourth-order valence-corrected chi connectivity index (χ4v) is 4.21. The molecule has 2 atom stereocenters. The maximum atomic E-state index is 14.9. The zero-order chi connectivity index (χ0) is 22.2. The van der Waals surface area contributed by atoms with Crippen molar-refractivity contribution in [1.29, 1.82) is 0 Å². The van der Waals surface area contributed by atoms with E-state index in [1.165, 1.54) is 18.2 Å². The Kier molecular flexibility index (Phi) is 8.82.